The average Bonchev–Trinajstić information content (AvgIpc) is 3.49. The first-order valence-electron chi connectivity index (χ1n) is 17.0. The summed E-state index contributed by atoms with van der Waals surface area (Å²) in [5.41, 5.74) is -2.29. The summed E-state index contributed by atoms with van der Waals surface area (Å²) in [6.45, 7) is 18.7. The Bertz CT molecular complexity index is 927. The molecule has 3 fully saturated rings. The minimum atomic E-state index is -1.39. The van der Waals surface area contributed by atoms with Gasteiger partial charge in [0.15, 0.2) is 12.1 Å². The molecule has 0 spiro atoms. The van der Waals surface area contributed by atoms with Gasteiger partial charge in [0.05, 0.1) is 17.8 Å². The lowest BCUT2D eigenvalue weighted by Gasteiger charge is -2.47. The minimum absolute atomic E-state index is 0.0640. The number of carbonyl (C=O) groups excluding carboxylic acids is 2. The largest absolute Gasteiger partial charge is 0.463 e. The molecule has 0 aromatic heterocycles. The first kappa shape index (κ1) is 37.3. The van der Waals surface area contributed by atoms with Gasteiger partial charge < -0.3 is 33.9 Å². The third kappa shape index (κ3) is 9.02. The maximum atomic E-state index is 14.2. The molecule has 10 nitrogen and oxygen atoms in total. The fraction of sp³-hybridized carbons (Fsp3) is 0.941. The number of esters is 1. The van der Waals surface area contributed by atoms with E-state index in [0.717, 1.165) is 32.5 Å². The van der Waals surface area contributed by atoms with Crippen LogP contribution >= 0.6 is 0 Å². The normalized spacial score (nSPS) is 38.6. The summed E-state index contributed by atoms with van der Waals surface area (Å²) in [7, 11) is 5.52. The molecule has 9 atom stereocenters. The number of nitrogens with zero attached hydrogens (tertiary/aromatic N) is 3. The molecule has 3 saturated heterocycles. The lowest BCUT2D eigenvalue weighted by Crippen LogP contribution is -2.59. The molecule has 0 aromatic rings. The van der Waals surface area contributed by atoms with Gasteiger partial charge >= 0.3 is 5.97 Å². The van der Waals surface area contributed by atoms with E-state index in [1.165, 1.54) is 25.9 Å². The summed E-state index contributed by atoms with van der Waals surface area (Å²) in [5, 5.41) is 11.3. The van der Waals surface area contributed by atoms with Crippen LogP contribution in [0.3, 0.4) is 0 Å². The minimum Gasteiger partial charge on any atom is -0.463 e. The molecule has 3 rings (SSSR count). The fourth-order valence-corrected chi connectivity index (χ4v) is 7.69. The van der Waals surface area contributed by atoms with Crippen molar-refractivity contribution in [3.8, 4) is 0 Å². The van der Waals surface area contributed by atoms with Gasteiger partial charge in [0.25, 0.3) is 0 Å². The maximum Gasteiger partial charge on any atom is 0.319 e. The average molecular weight is 626 g/mol. The van der Waals surface area contributed by atoms with E-state index < -0.39 is 41.4 Å². The highest BCUT2D eigenvalue weighted by molar-refractivity contribution is 6.04. The van der Waals surface area contributed by atoms with Crippen LogP contribution in [0.1, 0.15) is 87.0 Å². The quantitative estimate of drug-likeness (QED) is 0.302. The molecule has 0 aliphatic carbocycles. The third-order valence-electron chi connectivity index (χ3n) is 10.5. The highest BCUT2D eigenvalue weighted by atomic mass is 16.7. The molecule has 0 amide bonds. The molecule has 0 unspecified atom stereocenters. The number of aliphatic hydroxyl groups excluding tert-OH is 1. The Morgan fingerprint density at radius 2 is 1.75 bits per heavy atom. The van der Waals surface area contributed by atoms with E-state index in [2.05, 4.69) is 23.6 Å². The number of ketones is 1. The molecule has 44 heavy (non-hydrogen) atoms. The molecule has 0 saturated carbocycles. The lowest BCUT2D eigenvalue weighted by atomic mass is 9.74. The number of ether oxygens (including phenoxy) is 4. The Balaban J connectivity index is 1.93. The zero-order valence-electron chi connectivity index (χ0n) is 29.3. The Kier molecular flexibility index (Phi) is 13.7. The van der Waals surface area contributed by atoms with Crippen molar-refractivity contribution in [2.45, 2.75) is 129 Å². The standard InChI is InChI=1S/C34H63N3O7/c1-11-37-21-23(2)20-34(7,41-10)30(44-31-28(38)27(35(8)9)19-24(3)43-31)25(4)29(39)33(5,6)32(40)42-22-26(37)15-14-18-36-16-12-13-17-36/h23-28,30-31,38H,11-22H2,1-10H3/t23-,24-,25+,26+,27+,28-,30-,31+,34-/m1/s1. The Labute approximate surface area is 267 Å². The smallest absolute Gasteiger partial charge is 0.319 e. The van der Waals surface area contributed by atoms with Gasteiger partial charge in [-0.25, -0.2) is 0 Å². The van der Waals surface area contributed by atoms with E-state index in [9.17, 15) is 14.7 Å². The van der Waals surface area contributed by atoms with Crippen LogP contribution in [0.5, 0.6) is 0 Å². The van der Waals surface area contributed by atoms with Gasteiger partial charge in [-0.3, -0.25) is 14.5 Å². The van der Waals surface area contributed by atoms with Crippen molar-refractivity contribution in [1.29, 1.82) is 0 Å². The first-order chi connectivity index (χ1) is 20.6. The summed E-state index contributed by atoms with van der Waals surface area (Å²) in [6, 6.07) is -0.0988. The van der Waals surface area contributed by atoms with Crippen LogP contribution in [-0.2, 0) is 28.5 Å². The molecule has 0 aromatic carbocycles. The van der Waals surface area contributed by atoms with E-state index in [0.29, 0.717) is 12.8 Å². The Hall–Kier alpha value is -1.14. The van der Waals surface area contributed by atoms with Crippen LogP contribution in [0.15, 0.2) is 0 Å². The molecular weight excluding hydrogens is 562 g/mol. The molecule has 3 aliphatic rings. The highest BCUT2D eigenvalue weighted by Crippen LogP contribution is 2.38. The van der Waals surface area contributed by atoms with E-state index in [1.54, 1.807) is 27.9 Å². The van der Waals surface area contributed by atoms with Crippen LogP contribution in [0.4, 0.5) is 0 Å². The predicted octanol–water partition coefficient (Wildman–Crippen LogP) is 3.58. The molecule has 0 bridgehead atoms. The molecule has 0 radical (unpaired) electrons. The van der Waals surface area contributed by atoms with Crippen LogP contribution in [0, 0.1) is 17.3 Å². The van der Waals surface area contributed by atoms with E-state index in [4.69, 9.17) is 18.9 Å². The van der Waals surface area contributed by atoms with Gasteiger partial charge in [0, 0.05) is 31.7 Å². The van der Waals surface area contributed by atoms with Crippen molar-refractivity contribution < 1.29 is 33.6 Å². The summed E-state index contributed by atoms with van der Waals surface area (Å²) in [4.78, 5) is 34.7. The number of Topliss-reactive ketones (excluding diaryl/α,β-unsaturated/α-hetero) is 1. The number of carbonyl (C=O) groups is 2. The van der Waals surface area contributed by atoms with E-state index in [1.807, 2.05) is 32.8 Å². The number of methoxy groups -OCH3 is 1. The zero-order chi connectivity index (χ0) is 32.8. The predicted molar refractivity (Wildman–Crippen MR) is 171 cm³/mol. The molecule has 3 heterocycles. The highest BCUT2D eigenvalue weighted by Gasteiger charge is 2.51. The molecular formula is C34H63N3O7. The van der Waals surface area contributed by atoms with Crippen LogP contribution in [-0.4, -0.2) is 134 Å². The van der Waals surface area contributed by atoms with Crippen molar-refractivity contribution in [2.24, 2.45) is 17.3 Å². The van der Waals surface area contributed by atoms with Crippen LogP contribution in [0.25, 0.3) is 0 Å². The van der Waals surface area contributed by atoms with Gasteiger partial charge in [0.2, 0.25) is 0 Å². The van der Waals surface area contributed by atoms with Crippen molar-refractivity contribution in [1.82, 2.24) is 14.7 Å². The number of rotatable bonds is 9. The number of aliphatic hydroxyl groups is 1. The maximum absolute atomic E-state index is 14.2. The monoisotopic (exact) mass is 625 g/mol. The van der Waals surface area contributed by atoms with Gasteiger partial charge in [-0.2, -0.15) is 0 Å². The second-order valence-electron chi connectivity index (χ2n) is 14.8. The Morgan fingerprint density at radius 1 is 1.09 bits per heavy atom. The van der Waals surface area contributed by atoms with Gasteiger partial charge in [-0.15, -0.1) is 0 Å². The van der Waals surface area contributed by atoms with Crippen LogP contribution in [0.2, 0.25) is 0 Å². The number of likely N-dealkylation sites (tertiary alicyclic amines) is 1. The number of cyclic esters (lactones) is 1. The molecule has 256 valence electrons. The summed E-state index contributed by atoms with van der Waals surface area (Å²) in [6.07, 6.45) is 2.99. The number of hydrogen-bond acceptors (Lipinski definition) is 10. The summed E-state index contributed by atoms with van der Waals surface area (Å²) >= 11 is 0. The van der Waals surface area contributed by atoms with E-state index >= 15 is 0 Å². The number of hydrogen-bond donors (Lipinski definition) is 1. The molecule has 3 aliphatic heterocycles. The van der Waals surface area contributed by atoms with Crippen LogP contribution < -0.4 is 0 Å². The zero-order valence-corrected chi connectivity index (χ0v) is 29.3. The van der Waals surface area contributed by atoms with Gasteiger partial charge in [-0.1, -0.05) is 20.8 Å². The van der Waals surface area contributed by atoms with Crippen molar-refractivity contribution in [3.05, 3.63) is 0 Å². The fourth-order valence-electron chi connectivity index (χ4n) is 7.69. The number of likely N-dealkylation sites (N-methyl/N-ethyl adjacent to an activating group) is 2. The SMILES string of the molecule is CCN1C[C@H](C)C[C@@](C)(OC)[C@H](O[C@@H]2O[C@H](C)C[C@H](N(C)C)[C@H]2O)[C@@H](C)C(=O)C(C)(C)C(=O)OC[C@@H]1CCCN1CCCC1. The lowest BCUT2D eigenvalue weighted by molar-refractivity contribution is -0.295. The van der Waals surface area contributed by atoms with Gasteiger partial charge in [-0.05, 0) is 112 Å². The summed E-state index contributed by atoms with van der Waals surface area (Å²) in [5.74, 6) is -1.34. The second-order valence-corrected chi connectivity index (χ2v) is 14.8. The van der Waals surface area contributed by atoms with Crippen molar-refractivity contribution in [3.63, 3.8) is 0 Å². The van der Waals surface area contributed by atoms with Crippen molar-refractivity contribution in [2.75, 3.05) is 60.5 Å². The third-order valence-corrected chi connectivity index (χ3v) is 10.5. The molecule has 10 heteroatoms. The molecule has 1 N–H and O–H groups in total. The topological polar surface area (TPSA) is 101 Å². The Morgan fingerprint density at radius 3 is 2.34 bits per heavy atom. The summed E-state index contributed by atoms with van der Waals surface area (Å²) < 4.78 is 25.0. The first-order valence-corrected chi connectivity index (χ1v) is 17.0. The second kappa shape index (κ2) is 16.1. The van der Waals surface area contributed by atoms with Gasteiger partial charge in [0.1, 0.15) is 18.1 Å². The van der Waals surface area contributed by atoms with Crippen molar-refractivity contribution >= 4 is 11.8 Å². The van der Waals surface area contributed by atoms with E-state index in [-0.39, 0.29) is 36.5 Å².